The van der Waals surface area contributed by atoms with Crippen LogP contribution >= 0.6 is 15.9 Å². The third-order valence-corrected chi connectivity index (χ3v) is 3.62. The maximum atomic E-state index is 12.8. The molecule has 128 valence electrons. The summed E-state index contributed by atoms with van der Waals surface area (Å²) in [5.41, 5.74) is 1.41. The van der Waals surface area contributed by atoms with Gasteiger partial charge in [0.2, 0.25) is 0 Å². The third-order valence-electron chi connectivity index (χ3n) is 2.82. The topological polar surface area (TPSA) is 67.8 Å². The van der Waals surface area contributed by atoms with Crippen molar-refractivity contribution in [3.8, 4) is 0 Å². The molecule has 11 heteroatoms. The second-order valence-corrected chi connectivity index (χ2v) is 5.34. The van der Waals surface area contributed by atoms with Gasteiger partial charge in [0.25, 0.3) is 5.91 Å². The maximum Gasteiger partial charge on any atom is 0.416 e. The lowest BCUT2D eigenvalue weighted by Gasteiger charge is -2.13. The summed E-state index contributed by atoms with van der Waals surface area (Å²) in [5.74, 6) is -1.32. The van der Waals surface area contributed by atoms with Crippen LogP contribution in [-0.4, -0.2) is 18.0 Å². The van der Waals surface area contributed by atoms with Gasteiger partial charge in [0.15, 0.2) is 5.84 Å². The SMILES string of the molecule is NC(=O)/C(Br)=C1\C=NC(c2cc(C(F)(F)F)cc(C(F)(F)F)c2)=N1. The van der Waals surface area contributed by atoms with E-state index in [0.29, 0.717) is 12.1 Å². The number of hydrogen-bond acceptors (Lipinski definition) is 3. The Kier molecular flexibility index (Phi) is 4.57. The standard InChI is InChI=1S/C13H6BrF6N3O/c14-9(10(21)24)8-4-22-11(23-8)5-1-6(12(15,16)17)3-7(2-5)13(18,19)20/h1-4H,(H2,21,24)/b9-8-. The van der Waals surface area contributed by atoms with E-state index in [9.17, 15) is 31.1 Å². The van der Waals surface area contributed by atoms with Crippen molar-refractivity contribution in [1.82, 2.24) is 0 Å². The van der Waals surface area contributed by atoms with Crippen LogP contribution in [0, 0.1) is 0 Å². The molecule has 24 heavy (non-hydrogen) atoms. The van der Waals surface area contributed by atoms with Crippen molar-refractivity contribution >= 4 is 33.9 Å². The Labute approximate surface area is 138 Å². The minimum atomic E-state index is -4.98. The zero-order valence-electron chi connectivity index (χ0n) is 11.3. The van der Waals surface area contributed by atoms with Crippen molar-refractivity contribution in [3.63, 3.8) is 0 Å². The number of alkyl halides is 6. The summed E-state index contributed by atoms with van der Waals surface area (Å²) in [6.07, 6.45) is -8.96. The van der Waals surface area contributed by atoms with E-state index in [1.807, 2.05) is 0 Å². The molecular weight excluding hydrogens is 408 g/mol. The fourth-order valence-electron chi connectivity index (χ4n) is 1.75. The number of allylic oxidation sites excluding steroid dienone is 1. The van der Waals surface area contributed by atoms with Crippen LogP contribution in [0.25, 0.3) is 0 Å². The van der Waals surface area contributed by atoms with Gasteiger partial charge < -0.3 is 5.73 Å². The lowest BCUT2D eigenvalue weighted by atomic mass is 10.0. The van der Waals surface area contributed by atoms with Gasteiger partial charge in [-0.05, 0) is 34.1 Å². The molecule has 2 rings (SSSR count). The first-order chi connectivity index (χ1) is 10.9. The van der Waals surface area contributed by atoms with Gasteiger partial charge in [-0.3, -0.25) is 4.79 Å². The lowest BCUT2D eigenvalue weighted by molar-refractivity contribution is -0.143. The summed E-state index contributed by atoms with van der Waals surface area (Å²) < 4.78 is 76.7. The smallest absolute Gasteiger partial charge is 0.365 e. The Morgan fingerprint density at radius 3 is 1.92 bits per heavy atom. The molecule has 0 saturated heterocycles. The van der Waals surface area contributed by atoms with Crippen LogP contribution < -0.4 is 5.73 Å². The molecule has 1 aliphatic rings. The van der Waals surface area contributed by atoms with Crippen molar-refractivity contribution in [2.45, 2.75) is 12.4 Å². The Morgan fingerprint density at radius 1 is 1.00 bits per heavy atom. The molecule has 4 nitrogen and oxygen atoms in total. The predicted molar refractivity (Wildman–Crippen MR) is 76.6 cm³/mol. The fourth-order valence-corrected chi connectivity index (χ4v) is 1.94. The van der Waals surface area contributed by atoms with Gasteiger partial charge in [-0.1, -0.05) is 0 Å². The number of halogens is 7. The molecule has 1 aliphatic heterocycles. The second-order valence-electron chi connectivity index (χ2n) is 4.55. The summed E-state index contributed by atoms with van der Waals surface area (Å²) in [6.45, 7) is 0. The Bertz CT molecular complexity index is 760. The van der Waals surface area contributed by atoms with E-state index in [1.165, 1.54) is 0 Å². The Hall–Kier alpha value is -2.17. The molecule has 0 unspecified atom stereocenters. The normalized spacial score (nSPS) is 17.0. The predicted octanol–water partition coefficient (Wildman–Crippen LogP) is 3.65. The number of amides is 1. The minimum Gasteiger partial charge on any atom is -0.365 e. The van der Waals surface area contributed by atoms with Crippen molar-refractivity contribution < 1.29 is 31.1 Å². The Morgan fingerprint density at radius 2 is 1.50 bits per heavy atom. The van der Waals surface area contributed by atoms with Gasteiger partial charge in [0, 0.05) is 5.56 Å². The monoisotopic (exact) mass is 413 g/mol. The van der Waals surface area contributed by atoms with Gasteiger partial charge >= 0.3 is 12.4 Å². The highest BCUT2D eigenvalue weighted by molar-refractivity contribution is 9.12. The van der Waals surface area contributed by atoms with Gasteiger partial charge in [-0.15, -0.1) is 0 Å². The number of benzene rings is 1. The zero-order valence-corrected chi connectivity index (χ0v) is 12.9. The van der Waals surface area contributed by atoms with Crippen LogP contribution in [0.5, 0.6) is 0 Å². The summed E-state index contributed by atoms with van der Waals surface area (Å²) in [6, 6.07) is 0.984. The van der Waals surface area contributed by atoms with E-state index >= 15 is 0 Å². The summed E-state index contributed by atoms with van der Waals surface area (Å²) in [7, 11) is 0. The van der Waals surface area contributed by atoms with Crippen LogP contribution in [0.1, 0.15) is 16.7 Å². The number of hydrogen-bond donors (Lipinski definition) is 1. The molecule has 1 aromatic carbocycles. The number of nitrogens with two attached hydrogens (primary N) is 1. The van der Waals surface area contributed by atoms with Crippen LogP contribution in [0.15, 0.2) is 38.4 Å². The van der Waals surface area contributed by atoms with Crippen molar-refractivity contribution in [1.29, 1.82) is 0 Å². The lowest BCUT2D eigenvalue weighted by Crippen LogP contribution is -2.13. The van der Waals surface area contributed by atoms with E-state index in [4.69, 9.17) is 5.73 Å². The average Bonchev–Trinajstić information content (AvgIpc) is 2.93. The number of carbonyl (C=O) groups excluding carboxylic acids is 1. The van der Waals surface area contributed by atoms with Crippen LogP contribution in [0.3, 0.4) is 0 Å². The highest BCUT2D eigenvalue weighted by atomic mass is 79.9. The van der Waals surface area contributed by atoms with E-state index in [1.54, 1.807) is 0 Å². The Balaban J connectivity index is 2.60. The van der Waals surface area contributed by atoms with Gasteiger partial charge in [0.1, 0.15) is 10.2 Å². The molecule has 0 aromatic heterocycles. The first kappa shape index (κ1) is 18.2. The molecule has 0 atom stereocenters. The molecule has 1 amide bonds. The molecule has 0 fully saturated rings. The minimum absolute atomic E-state index is 0.00119. The molecule has 0 spiro atoms. The van der Waals surface area contributed by atoms with E-state index in [0.717, 1.165) is 6.21 Å². The van der Waals surface area contributed by atoms with E-state index in [-0.39, 0.29) is 16.2 Å². The fraction of sp³-hybridized carbons (Fsp3) is 0.154. The summed E-state index contributed by atoms with van der Waals surface area (Å²) in [5, 5.41) is 0. The summed E-state index contributed by atoms with van der Waals surface area (Å²) in [4.78, 5) is 18.3. The largest absolute Gasteiger partial charge is 0.416 e. The number of rotatable bonds is 2. The number of amidine groups is 1. The maximum absolute atomic E-state index is 12.8. The molecule has 0 radical (unpaired) electrons. The molecule has 0 bridgehead atoms. The number of primary amides is 1. The number of aliphatic imine (C=N–C) groups is 2. The molecule has 1 aromatic rings. The van der Waals surface area contributed by atoms with Crippen molar-refractivity contribution in [3.05, 3.63) is 45.1 Å². The molecule has 0 aliphatic carbocycles. The molecule has 1 heterocycles. The second kappa shape index (κ2) is 6.04. The highest BCUT2D eigenvalue weighted by Crippen LogP contribution is 2.36. The number of nitrogens with zero attached hydrogens (tertiary/aromatic N) is 2. The van der Waals surface area contributed by atoms with E-state index < -0.39 is 40.8 Å². The summed E-state index contributed by atoms with van der Waals surface area (Å²) >= 11 is 2.81. The zero-order chi connectivity index (χ0) is 18.3. The van der Waals surface area contributed by atoms with Gasteiger partial charge in [-0.2, -0.15) is 26.3 Å². The first-order valence-electron chi connectivity index (χ1n) is 6.02. The van der Waals surface area contributed by atoms with Crippen molar-refractivity contribution in [2.75, 3.05) is 0 Å². The molecule has 0 saturated carbocycles. The van der Waals surface area contributed by atoms with Gasteiger partial charge in [0.05, 0.1) is 17.3 Å². The molecule has 2 N–H and O–H groups in total. The van der Waals surface area contributed by atoms with Crippen molar-refractivity contribution in [2.24, 2.45) is 15.7 Å². The van der Waals surface area contributed by atoms with Crippen LogP contribution in [0.4, 0.5) is 26.3 Å². The first-order valence-corrected chi connectivity index (χ1v) is 6.81. The quantitative estimate of drug-likeness (QED) is 0.583. The van der Waals surface area contributed by atoms with E-state index in [2.05, 4.69) is 25.9 Å². The third kappa shape index (κ3) is 3.83. The number of carbonyl (C=O) groups is 1. The van der Waals surface area contributed by atoms with Crippen LogP contribution in [0.2, 0.25) is 0 Å². The highest BCUT2D eigenvalue weighted by Gasteiger charge is 2.37. The van der Waals surface area contributed by atoms with Crippen LogP contribution in [-0.2, 0) is 17.1 Å². The molecular formula is C13H6BrF6N3O. The average molecular weight is 414 g/mol. The van der Waals surface area contributed by atoms with Gasteiger partial charge in [-0.25, -0.2) is 9.98 Å².